The van der Waals surface area contributed by atoms with Crippen molar-refractivity contribution in [2.45, 2.75) is 38.9 Å². The predicted octanol–water partition coefficient (Wildman–Crippen LogP) is 3.34. The predicted molar refractivity (Wildman–Crippen MR) is 73.8 cm³/mol. The van der Waals surface area contributed by atoms with E-state index < -0.39 is 24.2 Å². The van der Waals surface area contributed by atoms with E-state index in [0.29, 0.717) is 5.75 Å². The van der Waals surface area contributed by atoms with Crippen LogP contribution < -0.4 is 10.1 Å². The van der Waals surface area contributed by atoms with E-state index in [2.05, 4.69) is 5.32 Å². The Hall–Kier alpha value is -1.89. The van der Waals surface area contributed by atoms with Gasteiger partial charge < -0.3 is 14.6 Å². The lowest BCUT2D eigenvalue weighted by molar-refractivity contribution is -0.00554. The number of aliphatic hydroxyl groups excluding tert-OH is 1. The third-order valence-electron chi connectivity index (χ3n) is 2.45. The second-order valence-corrected chi connectivity index (χ2v) is 5.36. The van der Waals surface area contributed by atoms with Gasteiger partial charge >= 0.3 is 6.09 Å². The molecule has 0 heterocycles. The molecule has 0 bridgehead atoms. The molecule has 0 saturated carbocycles. The number of alkyl halides is 2. The number of carbonyl (C=O) groups excluding carboxylic acids is 1. The average molecular weight is 303 g/mol. The summed E-state index contributed by atoms with van der Waals surface area (Å²) in [5, 5.41) is 11.9. The number of halogens is 2. The van der Waals surface area contributed by atoms with Gasteiger partial charge in [-0.05, 0) is 39.0 Å². The molecule has 2 N–H and O–H groups in total. The van der Waals surface area contributed by atoms with Crippen molar-refractivity contribution in [2.75, 3.05) is 12.4 Å². The van der Waals surface area contributed by atoms with Crippen molar-refractivity contribution in [3.8, 4) is 5.75 Å². The van der Waals surface area contributed by atoms with Gasteiger partial charge in [-0.2, -0.15) is 0 Å². The van der Waals surface area contributed by atoms with Gasteiger partial charge in [0.25, 0.3) is 6.43 Å². The minimum Gasteiger partial charge on any atom is -0.497 e. The van der Waals surface area contributed by atoms with E-state index in [1.54, 1.807) is 20.8 Å². The normalized spacial score (nSPS) is 13.0. The van der Waals surface area contributed by atoms with E-state index in [4.69, 9.17) is 9.47 Å². The first-order valence-corrected chi connectivity index (χ1v) is 6.28. The fourth-order valence-electron chi connectivity index (χ4n) is 1.58. The molecule has 0 spiro atoms. The van der Waals surface area contributed by atoms with E-state index in [1.807, 2.05) is 0 Å². The minimum atomic E-state index is -2.99. The maximum atomic E-state index is 12.7. The molecule has 0 aliphatic rings. The molecule has 21 heavy (non-hydrogen) atoms. The molecule has 1 aromatic rings. The first kappa shape index (κ1) is 17.2. The van der Waals surface area contributed by atoms with E-state index in [-0.39, 0.29) is 11.3 Å². The fourth-order valence-corrected chi connectivity index (χ4v) is 1.58. The summed E-state index contributed by atoms with van der Waals surface area (Å²) in [6.07, 6.45) is -5.82. The van der Waals surface area contributed by atoms with Crippen molar-refractivity contribution in [3.05, 3.63) is 23.8 Å². The van der Waals surface area contributed by atoms with Crippen LogP contribution in [0.2, 0.25) is 0 Å². The fraction of sp³-hybridized carbons (Fsp3) is 0.500. The third kappa shape index (κ3) is 5.18. The molecule has 1 aromatic carbocycles. The Kier molecular flexibility index (Phi) is 5.48. The van der Waals surface area contributed by atoms with Crippen LogP contribution in [0.3, 0.4) is 0 Å². The summed E-state index contributed by atoms with van der Waals surface area (Å²) < 4.78 is 35.4. The standard InChI is InChI=1S/C14H19F2NO4/c1-14(2,3)21-13(19)17-10-6-5-8(20-4)7-9(10)11(18)12(15)16/h5-7,11-12,18H,1-4H3,(H,17,19). The Balaban J connectivity index is 3.03. The number of hydrogen-bond donors (Lipinski definition) is 2. The summed E-state index contributed by atoms with van der Waals surface area (Å²) >= 11 is 0. The molecule has 0 radical (unpaired) electrons. The van der Waals surface area contributed by atoms with E-state index in [0.717, 1.165) is 0 Å². The number of ether oxygens (including phenoxy) is 2. The number of amides is 1. The minimum absolute atomic E-state index is 0.0397. The highest BCUT2D eigenvalue weighted by Gasteiger charge is 2.25. The highest BCUT2D eigenvalue weighted by atomic mass is 19.3. The first-order chi connectivity index (χ1) is 9.64. The van der Waals surface area contributed by atoms with Crippen molar-refractivity contribution < 1.29 is 28.2 Å². The smallest absolute Gasteiger partial charge is 0.412 e. The lowest BCUT2D eigenvalue weighted by atomic mass is 10.1. The number of aliphatic hydroxyl groups is 1. The van der Waals surface area contributed by atoms with Gasteiger partial charge in [-0.3, -0.25) is 5.32 Å². The Bertz CT molecular complexity index is 500. The zero-order chi connectivity index (χ0) is 16.2. The van der Waals surface area contributed by atoms with Crippen molar-refractivity contribution in [1.29, 1.82) is 0 Å². The number of methoxy groups -OCH3 is 1. The Morgan fingerprint density at radius 1 is 1.33 bits per heavy atom. The van der Waals surface area contributed by atoms with Crippen LogP contribution in [0, 0.1) is 0 Å². The number of hydrogen-bond acceptors (Lipinski definition) is 4. The lowest BCUT2D eigenvalue weighted by Gasteiger charge is -2.21. The number of rotatable bonds is 4. The largest absolute Gasteiger partial charge is 0.497 e. The molecule has 1 rings (SSSR count). The molecule has 0 fully saturated rings. The Morgan fingerprint density at radius 2 is 1.95 bits per heavy atom. The van der Waals surface area contributed by atoms with Crippen LogP contribution in [0.1, 0.15) is 32.4 Å². The van der Waals surface area contributed by atoms with Gasteiger partial charge in [0.1, 0.15) is 17.5 Å². The van der Waals surface area contributed by atoms with Crippen LogP contribution in [0.15, 0.2) is 18.2 Å². The van der Waals surface area contributed by atoms with E-state index in [1.165, 1.54) is 25.3 Å². The maximum Gasteiger partial charge on any atom is 0.412 e. The van der Waals surface area contributed by atoms with Crippen molar-refractivity contribution in [2.24, 2.45) is 0 Å². The summed E-state index contributed by atoms with van der Waals surface area (Å²) in [5.41, 5.74) is -0.828. The second kappa shape index (κ2) is 6.71. The SMILES string of the molecule is COc1ccc(NC(=O)OC(C)(C)C)c(C(O)C(F)F)c1. The molecule has 7 heteroatoms. The average Bonchev–Trinajstić information content (AvgIpc) is 2.35. The summed E-state index contributed by atoms with van der Waals surface area (Å²) in [6.45, 7) is 5.03. The summed E-state index contributed by atoms with van der Waals surface area (Å²) in [5.74, 6) is 0.291. The van der Waals surface area contributed by atoms with Gasteiger partial charge in [0.2, 0.25) is 0 Å². The molecular formula is C14H19F2NO4. The highest BCUT2D eigenvalue weighted by molar-refractivity contribution is 5.86. The first-order valence-electron chi connectivity index (χ1n) is 6.28. The molecule has 1 atom stereocenters. The van der Waals surface area contributed by atoms with Crippen LogP contribution in [-0.2, 0) is 4.74 Å². The summed E-state index contributed by atoms with van der Waals surface area (Å²) in [4.78, 5) is 11.7. The quantitative estimate of drug-likeness (QED) is 0.895. The van der Waals surface area contributed by atoms with Gasteiger partial charge in [0.05, 0.1) is 12.8 Å². The van der Waals surface area contributed by atoms with Crippen LogP contribution in [-0.4, -0.2) is 30.3 Å². The number of benzene rings is 1. The van der Waals surface area contributed by atoms with Crippen molar-refractivity contribution in [1.82, 2.24) is 0 Å². The topological polar surface area (TPSA) is 67.8 Å². The van der Waals surface area contributed by atoms with Gasteiger partial charge in [-0.25, -0.2) is 13.6 Å². The summed E-state index contributed by atoms with van der Waals surface area (Å²) in [7, 11) is 1.37. The Morgan fingerprint density at radius 3 is 2.43 bits per heavy atom. The maximum absolute atomic E-state index is 12.7. The zero-order valence-corrected chi connectivity index (χ0v) is 12.3. The van der Waals surface area contributed by atoms with Crippen LogP contribution in [0.5, 0.6) is 5.75 Å². The molecule has 0 saturated heterocycles. The number of nitrogens with one attached hydrogen (secondary N) is 1. The molecule has 1 amide bonds. The molecule has 0 aliphatic heterocycles. The van der Waals surface area contributed by atoms with Crippen molar-refractivity contribution >= 4 is 11.8 Å². The van der Waals surface area contributed by atoms with Crippen LogP contribution >= 0.6 is 0 Å². The van der Waals surface area contributed by atoms with Gasteiger partial charge in [0.15, 0.2) is 0 Å². The third-order valence-corrected chi connectivity index (χ3v) is 2.45. The van der Waals surface area contributed by atoms with Gasteiger partial charge in [-0.15, -0.1) is 0 Å². The lowest BCUT2D eigenvalue weighted by Crippen LogP contribution is -2.27. The van der Waals surface area contributed by atoms with Crippen LogP contribution in [0.4, 0.5) is 19.3 Å². The second-order valence-electron chi connectivity index (χ2n) is 5.36. The van der Waals surface area contributed by atoms with E-state index >= 15 is 0 Å². The molecule has 0 aliphatic carbocycles. The molecule has 5 nitrogen and oxygen atoms in total. The molecule has 0 aromatic heterocycles. The summed E-state index contributed by atoms with van der Waals surface area (Å²) in [6, 6.07) is 4.08. The highest BCUT2D eigenvalue weighted by Crippen LogP contribution is 2.31. The van der Waals surface area contributed by atoms with Gasteiger partial charge in [0, 0.05) is 5.56 Å². The number of carbonyl (C=O) groups is 1. The van der Waals surface area contributed by atoms with Gasteiger partial charge in [-0.1, -0.05) is 0 Å². The van der Waals surface area contributed by atoms with E-state index in [9.17, 15) is 18.7 Å². The molecule has 1 unspecified atom stereocenters. The zero-order valence-electron chi connectivity index (χ0n) is 12.3. The monoisotopic (exact) mass is 303 g/mol. The van der Waals surface area contributed by atoms with Crippen molar-refractivity contribution in [3.63, 3.8) is 0 Å². The Labute approximate surface area is 121 Å². The molecular weight excluding hydrogens is 284 g/mol. The molecule has 118 valence electrons. The number of anilines is 1. The van der Waals surface area contributed by atoms with Crippen LogP contribution in [0.25, 0.3) is 0 Å².